The predicted molar refractivity (Wildman–Crippen MR) is 69.9 cm³/mol. The summed E-state index contributed by atoms with van der Waals surface area (Å²) in [5.41, 5.74) is -0.140. The second-order valence-electron chi connectivity index (χ2n) is 4.45. The monoisotopic (exact) mass is 286 g/mol. The lowest BCUT2D eigenvalue weighted by molar-refractivity contribution is -0.137. The van der Waals surface area contributed by atoms with E-state index in [2.05, 4.69) is 4.98 Å². The van der Waals surface area contributed by atoms with Crippen molar-refractivity contribution in [1.29, 1.82) is 0 Å². The summed E-state index contributed by atoms with van der Waals surface area (Å²) in [6.07, 6.45) is -2.61. The minimum atomic E-state index is -4.32. The van der Waals surface area contributed by atoms with E-state index in [-0.39, 0.29) is 0 Å². The first kappa shape index (κ1) is 14.0. The maximum Gasteiger partial charge on any atom is 0.416 e. The van der Waals surface area contributed by atoms with Crippen molar-refractivity contribution >= 4 is 11.3 Å². The highest BCUT2D eigenvalue weighted by Crippen LogP contribution is 2.33. The molecular formula is C13H13F3N2S. The Bertz CT molecular complexity index is 561. The molecule has 0 amide bonds. The fourth-order valence-corrected chi connectivity index (χ4v) is 2.68. The minimum absolute atomic E-state index is 0.504. The molecule has 19 heavy (non-hydrogen) atoms. The Morgan fingerprint density at radius 1 is 1.26 bits per heavy atom. The van der Waals surface area contributed by atoms with Gasteiger partial charge in [0.2, 0.25) is 0 Å². The minimum Gasteiger partial charge on any atom is -0.304 e. The van der Waals surface area contributed by atoms with Crippen LogP contribution < -0.4 is 0 Å². The zero-order valence-corrected chi connectivity index (χ0v) is 11.3. The van der Waals surface area contributed by atoms with Gasteiger partial charge < -0.3 is 4.90 Å². The van der Waals surface area contributed by atoms with E-state index in [0.717, 1.165) is 23.6 Å². The van der Waals surface area contributed by atoms with Gasteiger partial charge in [0.05, 0.1) is 5.56 Å². The van der Waals surface area contributed by atoms with Crippen LogP contribution in [0.4, 0.5) is 13.2 Å². The third-order valence-electron chi connectivity index (χ3n) is 2.46. The molecule has 0 unspecified atom stereocenters. The smallest absolute Gasteiger partial charge is 0.304 e. The highest BCUT2D eigenvalue weighted by atomic mass is 32.1. The molecule has 0 atom stereocenters. The molecular weight excluding hydrogens is 273 g/mol. The van der Waals surface area contributed by atoms with E-state index < -0.39 is 11.7 Å². The van der Waals surface area contributed by atoms with Crippen LogP contribution in [0, 0.1) is 0 Å². The van der Waals surface area contributed by atoms with Crippen LogP contribution in [-0.2, 0) is 12.7 Å². The van der Waals surface area contributed by atoms with Gasteiger partial charge in [-0.3, -0.25) is 0 Å². The van der Waals surface area contributed by atoms with Crippen LogP contribution in [0.2, 0.25) is 0 Å². The number of aromatic nitrogens is 1. The standard InChI is InChI=1S/C13H13F3N2S/c1-18(2)8-11-7-17-12(19-11)9-4-3-5-10(6-9)13(14,15)16/h3-7H,8H2,1-2H3. The van der Waals surface area contributed by atoms with E-state index in [1.165, 1.54) is 17.4 Å². The van der Waals surface area contributed by atoms with Gasteiger partial charge in [-0.2, -0.15) is 13.2 Å². The number of hydrogen-bond acceptors (Lipinski definition) is 3. The van der Waals surface area contributed by atoms with E-state index in [1.54, 1.807) is 12.3 Å². The van der Waals surface area contributed by atoms with Crippen LogP contribution in [-0.4, -0.2) is 24.0 Å². The number of thiazole rings is 1. The van der Waals surface area contributed by atoms with Crippen molar-refractivity contribution in [3.63, 3.8) is 0 Å². The van der Waals surface area contributed by atoms with Crippen molar-refractivity contribution in [2.75, 3.05) is 14.1 Å². The Labute approximate surface area is 113 Å². The molecule has 1 aromatic carbocycles. The average molecular weight is 286 g/mol. The predicted octanol–water partition coefficient (Wildman–Crippen LogP) is 3.89. The van der Waals surface area contributed by atoms with E-state index in [4.69, 9.17) is 0 Å². The summed E-state index contributed by atoms with van der Waals surface area (Å²) >= 11 is 1.41. The summed E-state index contributed by atoms with van der Waals surface area (Å²) in [4.78, 5) is 7.20. The van der Waals surface area contributed by atoms with Crippen molar-refractivity contribution in [2.45, 2.75) is 12.7 Å². The maximum absolute atomic E-state index is 12.6. The molecule has 0 bridgehead atoms. The quantitative estimate of drug-likeness (QED) is 0.851. The second-order valence-corrected chi connectivity index (χ2v) is 5.56. The first-order chi connectivity index (χ1) is 8.86. The molecule has 6 heteroatoms. The molecule has 0 saturated carbocycles. The van der Waals surface area contributed by atoms with E-state index in [9.17, 15) is 13.2 Å². The van der Waals surface area contributed by atoms with Crippen LogP contribution in [0.1, 0.15) is 10.4 Å². The van der Waals surface area contributed by atoms with Gasteiger partial charge in [-0.15, -0.1) is 11.3 Å². The topological polar surface area (TPSA) is 16.1 Å². The van der Waals surface area contributed by atoms with Crippen LogP contribution in [0.15, 0.2) is 30.5 Å². The Balaban J connectivity index is 2.29. The van der Waals surface area contributed by atoms with Gasteiger partial charge in [-0.25, -0.2) is 4.98 Å². The number of nitrogens with zero attached hydrogens (tertiary/aromatic N) is 2. The van der Waals surface area contributed by atoms with E-state index in [1.807, 2.05) is 19.0 Å². The van der Waals surface area contributed by atoms with Gasteiger partial charge in [-0.05, 0) is 26.2 Å². The first-order valence-corrected chi connectivity index (χ1v) is 6.45. The van der Waals surface area contributed by atoms with Gasteiger partial charge in [0.15, 0.2) is 0 Å². The average Bonchev–Trinajstić information content (AvgIpc) is 2.76. The molecule has 0 aliphatic heterocycles. The molecule has 1 aromatic heterocycles. The highest BCUT2D eigenvalue weighted by Gasteiger charge is 2.30. The number of hydrogen-bond donors (Lipinski definition) is 0. The lowest BCUT2D eigenvalue weighted by Gasteiger charge is -2.07. The van der Waals surface area contributed by atoms with Crippen LogP contribution in [0.5, 0.6) is 0 Å². The number of rotatable bonds is 3. The highest BCUT2D eigenvalue weighted by molar-refractivity contribution is 7.15. The number of alkyl halides is 3. The van der Waals surface area contributed by atoms with Gasteiger partial charge in [0.1, 0.15) is 5.01 Å². The summed E-state index contributed by atoms with van der Waals surface area (Å²) in [6, 6.07) is 5.26. The molecule has 102 valence electrons. The molecule has 0 fully saturated rings. The Morgan fingerprint density at radius 3 is 2.63 bits per heavy atom. The van der Waals surface area contributed by atoms with E-state index >= 15 is 0 Å². The van der Waals surface area contributed by atoms with Crippen molar-refractivity contribution in [3.8, 4) is 10.6 Å². The number of halogens is 3. The van der Waals surface area contributed by atoms with Crippen LogP contribution in [0.3, 0.4) is 0 Å². The molecule has 2 nitrogen and oxygen atoms in total. The molecule has 0 spiro atoms. The fourth-order valence-electron chi connectivity index (χ4n) is 1.65. The SMILES string of the molecule is CN(C)Cc1cnc(-c2cccc(C(F)(F)F)c2)s1. The molecule has 0 N–H and O–H groups in total. The molecule has 2 rings (SSSR count). The number of benzene rings is 1. The lowest BCUT2D eigenvalue weighted by atomic mass is 10.1. The molecule has 2 aromatic rings. The second kappa shape index (κ2) is 5.30. The Hall–Kier alpha value is -1.40. The van der Waals surface area contributed by atoms with Gasteiger partial charge in [0, 0.05) is 23.2 Å². The van der Waals surface area contributed by atoms with Crippen molar-refractivity contribution in [3.05, 3.63) is 40.9 Å². The van der Waals surface area contributed by atoms with Crippen LogP contribution in [0.25, 0.3) is 10.6 Å². The summed E-state index contributed by atoms with van der Waals surface area (Å²) in [7, 11) is 3.87. The Morgan fingerprint density at radius 2 is 2.00 bits per heavy atom. The summed E-state index contributed by atoms with van der Waals surface area (Å²) < 4.78 is 37.9. The van der Waals surface area contributed by atoms with Gasteiger partial charge >= 0.3 is 6.18 Å². The third-order valence-corrected chi connectivity index (χ3v) is 3.49. The van der Waals surface area contributed by atoms with Gasteiger partial charge in [-0.1, -0.05) is 12.1 Å². The molecule has 0 aliphatic rings. The summed E-state index contributed by atoms with van der Waals surface area (Å²) in [5, 5.41) is 0.614. The largest absolute Gasteiger partial charge is 0.416 e. The molecule has 0 aliphatic carbocycles. The Kier molecular flexibility index (Phi) is 3.91. The molecule has 0 radical (unpaired) electrons. The lowest BCUT2D eigenvalue weighted by Crippen LogP contribution is -2.09. The zero-order valence-electron chi connectivity index (χ0n) is 10.5. The molecule has 1 heterocycles. The zero-order chi connectivity index (χ0) is 14.0. The summed E-state index contributed by atoms with van der Waals surface area (Å²) in [6.45, 7) is 0.733. The van der Waals surface area contributed by atoms with E-state index in [0.29, 0.717) is 10.6 Å². The van der Waals surface area contributed by atoms with Crippen molar-refractivity contribution in [1.82, 2.24) is 9.88 Å². The van der Waals surface area contributed by atoms with Crippen molar-refractivity contribution < 1.29 is 13.2 Å². The maximum atomic E-state index is 12.6. The fraction of sp³-hybridized carbons (Fsp3) is 0.308. The summed E-state index contributed by atoms with van der Waals surface area (Å²) in [5.74, 6) is 0. The first-order valence-electron chi connectivity index (χ1n) is 5.63. The molecule has 0 saturated heterocycles. The van der Waals surface area contributed by atoms with Crippen LogP contribution >= 0.6 is 11.3 Å². The third kappa shape index (κ3) is 3.54. The van der Waals surface area contributed by atoms with Gasteiger partial charge in [0.25, 0.3) is 0 Å². The van der Waals surface area contributed by atoms with Crippen molar-refractivity contribution in [2.24, 2.45) is 0 Å². The normalized spacial score (nSPS) is 12.1.